The Bertz CT molecular complexity index is 171. The highest BCUT2D eigenvalue weighted by atomic mass is 16.5. The van der Waals surface area contributed by atoms with Crippen LogP contribution in [-0.2, 0) is 9.53 Å². The largest absolute Gasteiger partial charge is 0.457 e. The molecule has 10 heavy (non-hydrogen) atoms. The summed E-state index contributed by atoms with van der Waals surface area (Å²) >= 11 is 0. The standard InChI is InChI=1S/C6H10N2O2/c1-3-4-10-6(9)5(2)8-7/h3-4H2,1-2H3. The summed E-state index contributed by atoms with van der Waals surface area (Å²) in [6.07, 6.45) is 0.768. The van der Waals surface area contributed by atoms with E-state index in [1.54, 1.807) is 0 Å². The molecule has 0 saturated heterocycles. The van der Waals surface area contributed by atoms with Gasteiger partial charge in [-0.25, -0.2) is 4.79 Å². The van der Waals surface area contributed by atoms with Crippen LogP contribution in [0.1, 0.15) is 20.3 Å². The zero-order valence-corrected chi connectivity index (χ0v) is 6.13. The molecule has 0 saturated carbocycles. The Labute approximate surface area is 59.4 Å². The van der Waals surface area contributed by atoms with Crippen LogP contribution in [0.2, 0.25) is 0 Å². The molecule has 0 fully saturated rings. The summed E-state index contributed by atoms with van der Waals surface area (Å²) in [5.41, 5.74) is 8.07. The minimum Gasteiger partial charge on any atom is -0.457 e. The normalized spacial score (nSPS) is 8.20. The number of nitrogens with zero attached hydrogens (tertiary/aromatic N) is 2. The first-order valence-corrected chi connectivity index (χ1v) is 3.08. The molecule has 0 aromatic heterocycles. The van der Waals surface area contributed by atoms with E-state index in [1.165, 1.54) is 6.92 Å². The van der Waals surface area contributed by atoms with Crippen molar-refractivity contribution in [3.8, 4) is 0 Å². The molecule has 0 heterocycles. The maximum Gasteiger partial charge on any atom is 0.416 e. The predicted molar refractivity (Wildman–Crippen MR) is 35.6 cm³/mol. The molecule has 0 atom stereocenters. The van der Waals surface area contributed by atoms with Crippen molar-refractivity contribution in [3.05, 3.63) is 5.53 Å². The van der Waals surface area contributed by atoms with E-state index >= 15 is 0 Å². The first kappa shape index (κ1) is 8.85. The molecule has 0 aromatic carbocycles. The van der Waals surface area contributed by atoms with Crippen LogP contribution in [0.4, 0.5) is 0 Å². The molecule has 0 radical (unpaired) electrons. The van der Waals surface area contributed by atoms with Crippen molar-refractivity contribution in [2.75, 3.05) is 6.61 Å². The first-order chi connectivity index (χ1) is 4.72. The SMILES string of the molecule is CCCOC(=O)C(C)=[N+]=[N-]. The molecule has 0 bridgehead atoms. The molecule has 0 spiro atoms. The molecule has 0 amide bonds. The van der Waals surface area contributed by atoms with Crippen LogP contribution in [0.15, 0.2) is 0 Å². The van der Waals surface area contributed by atoms with E-state index in [0.717, 1.165) is 6.42 Å². The van der Waals surface area contributed by atoms with Crippen molar-refractivity contribution >= 4 is 11.7 Å². The van der Waals surface area contributed by atoms with Gasteiger partial charge in [-0.3, -0.25) is 0 Å². The molecular weight excluding hydrogens is 132 g/mol. The summed E-state index contributed by atoms with van der Waals surface area (Å²) in [4.78, 5) is 13.3. The molecule has 0 aliphatic rings. The fraction of sp³-hybridized carbons (Fsp3) is 0.667. The minimum absolute atomic E-state index is 0.0200. The molecule has 0 aliphatic heterocycles. The number of hydrogen-bond donors (Lipinski definition) is 0. The summed E-state index contributed by atoms with van der Waals surface area (Å²) < 4.78 is 4.61. The van der Waals surface area contributed by atoms with E-state index in [9.17, 15) is 4.79 Å². The van der Waals surface area contributed by atoms with Crippen LogP contribution in [0.5, 0.6) is 0 Å². The second-order valence-corrected chi connectivity index (χ2v) is 1.82. The van der Waals surface area contributed by atoms with Crippen molar-refractivity contribution in [2.24, 2.45) is 0 Å². The molecule has 4 heteroatoms. The van der Waals surface area contributed by atoms with E-state index in [2.05, 4.69) is 9.53 Å². The van der Waals surface area contributed by atoms with Gasteiger partial charge in [-0.05, 0) is 6.42 Å². The summed E-state index contributed by atoms with van der Waals surface area (Å²) in [6, 6.07) is 0. The molecule has 0 unspecified atom stereocenters. The highest BCUT2D eigenvalue weighted by Crippen LogP contribution is 1.82. The van der Waals surface area contributed by atoms with Crippen LogP contribution < -0.4 is 0 Å². The lowest BCUT2D eigenvalue weighted by Crippen LogP contribution is -2.15. The van der Waals surface area contributed by atoms with Gasteiger partial charge in [0.2, 0.25) is 0 Å². The number of carbonyl (C=O) groups excluding carboxylic acids is 1. The second-order valence-electron chi connectivity index (χ2n) is 1.82. The van der Waals surface area contributed by atoms with Gasteiger partial charge in [0.25, 0.3) is 0 Å². The lowest BCUT2D eigenvalue weighted by atomic mass is 10.4. The third-order valence-corrected chi connectivity index (χ3v) is 0.883. The number of hydrogen-bond acceptors (Lipinski definition) is 2. The first-order valence-electron chi connectivity index (χ1n) is 3.08. The van der Waals surface area contributed by atoms with Crippen molar-refractivity contribution < 1.29 is 14.3 Å². The molecule has 0 N–H and O–H groups in total. The molecule has 0 aliphatic carbocycles. The lowest BCUT2D eigenvalue weighted by Gasteiger charge is -1.94. The highest BCUT2D eigenvalue weighted by Gasteiger charge is 2.13. The lowest BCUT2D eigenvalue weighted by molar-refractivity contribution is -0.140. The quantitative estimate of drug-likeness (QED) is 0.251. The Morgan fingerprint density at radius 3 is 2.70 bits per heavy atom. The maximum atomic E-state index is 10.6. The Balaban J connectivity index is 3.75. The Hall–Kier alpha value is -1.15. The van der Waals surface area contributed by atoms with E-state index in [4.69, 9.17) is 5.53 Å². The number of carbonyl (C=O) groups is 1. The molecule has 0 aromatic rings. The maximum absolute atomic E-state index is 10.6. The van der Waals surface area contributed by atoms with Gasteiger partial charge in [0, 0.05) is 6.92 Å². The predicted octanol–water partition coefficient (Wildman–Crippen LogP) is 0.630. The minimum atomic E-state index is -0.565. The van der Waals surface area contributed by atoms with Crippen LogP contribution in [0, 0.1) is 0 Å². The Morgan fingerprint density at radius 1 is 1.70 bits per heavy atom. The van der Waals surface area contributed by atoms with E-state index < -0.39 is 5.97 Å². The van der Waals surface area contributed by atoms with Gasteiger partial charge in [-0.2, -0.15) is 4.79 Å². The van der Waals surface area contributed by atoms with E-state index in [1.807, 2.05) is 6.92 Å². The van der Waals surface area contributed by atoms with Gasteiger partial charge in [0.15, 0.2) is 0 Å². The molecular formula is C6H10N2O2. The zero-order chi connectivity index (χ0) is 7.98. The van der Waals surface area contributed by atoms with Crippen molar-refractivity contribution in [1.29, 1.82) is 0 Å². The third kappa shape index (κ3) is 2.99. The Morgan fingerprint density at radius 2 is 2.30 bits per heavy atom. The topological polar surface area (TPSA) is 62.7 Å². The summed E-state index contributed by atoms with van der Waals surface area (Å²) in [6.45, 7) is 3.64. The van der Waals surface area contributed by atoms with Crippen LogP contribution in [-0.4, -0.2) is 23.1 Å². The summed E-state index contributed by atoms with van der Waals surface area (Å²) in [5, 5.41) is 0. The van der Waals surface area contributed by atoms with Gasteiger partial charge in [0.05, 0.1) is 6.61 Å². The number of ether oxygens (including phenoxy) is 1. The monoisotopic (exact) mass is 142 g/mol. The highest BCUT2D eigenvalue weighted by molar-refractivity contribution is 6.32. The van der Waals surface area contributed by atoms with Gasteiger partial charge < -0.3 is 10.3 Å². The average molecular weight is 142 g/mol. The number of esters is 1. The zero-order valence-electron chi connectivity index (χ0n) is 6.13. The fourth-order valence-corrected chi connectivity index (χ4v) is 0.340. The van der Waals surface area contributed by atoms with Crippen LogP contribution >= 0.6 is 0 Å². The smallest absolute Gasteiger partial charge is 0.416 e. The van der Waals surface area contributed by atoms with Gasteiger partial charge >= 0.3 is 11.7 Å². The van der Waals surface area contributed by atoms with Gasteiger partial charge in [-0.15, -0.1) is 0 Å². The van der Waals surface area contributed by atoms with Crippen LogP contribution in [0.25, 0.3) is 5.53 Å². The average Bonchev–Trinajstić information content (AvgIpc) is 1.98. The van der Waals surface area contributed by atoms with Crippen molar-refractivity contribution in [1.82, 2.24) is 0 Å². The van der Waals surface area contributed by atoms with E-state index in [-0.39, 0.29) is 5.71 Å². The summed E-state index contributed by atoms with van der Waals surface area (Å²) in [5.74, 6) is -0.565. The van der Waals surface area contributed by atoms with Crippen molar-refractivity contribution in [2.45, 2.75) is 20.3 Å². The molecule has 0 rings (SSSR count). The Kier molecular flexibility index (Phi) is 4.16. The number of rotatable bonds is 3. The second kappa shape index (κ2) is 4.70. The van der Waals surface area contributed by atoms with Gasteiger partial charge in [-0.1, -0.05) is 6.92 Å². The molecule has 56 valence electrons. The molecule has 4 nitrogen and oxygen atoms in total. The van der Waals surface area contributed by atoms with Crippen LogP contribution in [0.3, 0.4) is 0 Å². The fourth-order valence-electron chi connectivity index (χ4n) is 0.340. The van der Waals surface area contributed by atoms with Crippen molar-refractivity contribution in [3.63, 3.8) is 0 Å². The summed E-state index contributed by atoms with van der Waals surface area (Å²) in [7, 11) is 0. The van der Waals surface area contributed by atoms with Gasteiger partial charge in [0.1, 0.15) is 0 Å². The third-order valence-electron chi connectivity index (χ3n) is 0.883. The van der Waals surface area contributed by atoms with E-state index in [0.29, 0.717) is 6.61 Å².